The predicted octanol–water partition coefficient (Wildman–Crippen LogP) is 1.57. The van der Waals surface area contributed by atoms with Crippen LogP contribution in [0.3, 0.4) is 0 Å². The van der Waals surface area contributed by atoms with Crippen molar-refractivity contribution in [3.8, 4) is 0 Å². The molecule has 0 aliphatic heterocycles. The maximum atomic E-state index is 12.3. The fourth-order valence-corrected chi connectivity index (χ4v) is 5.95. The minimum absolute atomic E-state index is 0.262. The molecule has 2 N–H and O–H groups in total. The Kier molecular flexibility index (Phi) is 3.57. The number of ether oxygens (including phenoxy) is 1. The topological polar surface area (TPSA) is 58.6 Å². The Balaban J connectivity index is 1.99. The lowest BCUT2D eigenvalue weighted by Gasteiger charge is -2.63. The molecule has 4 aliphatic rings. The van der Waals surface area contributed by atoms with Gasteiger partial charge in [0, 0.05) is 5.54 Å². The van der Waals surface area contributed by atoms with Crippen LogP contribution in [0.5, 0.6) is 0 Å². The first-order valence-corrected chi connectivity index (χ1v) is 7.97. The predicted molar refractivity (Wildman–Crippen MR) is 76.0 cm³/mol. The van der Waals surface area contributed by atoms with Gasteiger partial charge in [-0.15, -0.1) is 0 Å². The molecule has 4 bridgehead atoms. The molecule has 0 aromatic carbocycles. The molecule has 0 amide bonds. The van der Waals surface area contributed by atoms with Gasteiger partial charge in [-0.05, 0) is 69.7 Å². The molecule has 20 heavy (non-hydrogen) atoms. The van der Waals surface area contributed by atoms with Crippen molar-refractivity contribution in [3.63, 3.8) is 0 Å². The largest absolute Gasteiger partial charge is 0.469 e. The van der Waals surface area contributed by atoms with Crippen molar-refractivity contribution in [2.45, 2.75) is 50.7 Å². The zero-order valence-electron chi connectivity index (χ0n) is 12.8. The second kappa shape index (κ2) is 4.99. The maximum absolute atomic E-state index is 12.3. The van der Waals surface area contributed by atoms with E-state index in [9.17, 15) is 9.90 Å². The number of hydrogen-bond acceptors (Lipinski definition) is 4. The fraction of sp³-hybridized carbons (Fsp3) is 0.938. The fourth-order valence-electron chi connectivity index (χ4n) is 5.95. The Morgan fingerprint density at radius 1 is 1.20 bits per heavy atom. The van der Waals surface area contributed by atoms with Crippen molar-refractivity contribution >= 4 is 5.97 Å². The molecule has 4 heteroatoms. The van der Waals surface area contributed by atoms with Gasteiger partial charge in [-0.3, -0.25) is 4.79 Å². The Hall–Kier alpha value is -0.610. The Morgan fingerprint density at radius 2 is 1.70 bits per heavy atom. The van der Waals surface area contributed by atoms with Crippen LogP contribution in [-0.2, 0) is 9.53 Å². The van der Waals surface area contributed by atoms with Crippen molar-refractivity contribution < 1.29 is 14.6 Å². The molecule has 0 saturated heterocycles. The third-order valence-corrected chi connectivity index (χ3v) is 6.37. The van der Waals surface area contributed by atoms with Crippen LogP contribution in [0.4, 0.5) is 0 Å². The summed E-state index contributed by atoms with van der Waals surface area (Å²) in [5.41, 5.74) is -0.269. The first-order chi connectivity index (χ1) is 9.52. The lowest BCUT2D eigenvalue weighted by molar-refractivity contribution is -0.170. The molecule has 0 spiro atoms. The number of esters is 1. The van der Waals surface area contributed by atoms with Crippen LogP contribution < -0.4 is 5.32 Å². The highest BCUT2D eigenvalue weighted by Crippen LogP contribution is 2.60. The lowest BCUT2D eigenvalue weighted by atomic mass is 9.45. The summed E-state index contributed by atoms with van der Waals surface area (Å²) in [5, 5.41) is 13.8. The van der Waals surface area contributed by atoms with Crippen LogP contribution >= 0.6 is 0 Å². The van der Waals surface area contributed by atoms with Crippen molar-refractivity contribution in [3.05, 3.63) is 0 Å². The van der Waals surface area contributed by atoms with Gasteiger partial charge in [-0.1, -0.05) is 0 Å². The highest BCUT2D eigenvalue weighted by molar-refractivity contribution is 5.75. The van der Waals surface area contributed by atoms with Gasteiger partial charge < -0.3 is 15.2 Å². The molecule has 0 aromatic heterocycles. The maximum Gasteiger partial charge on any atom is 0.313 e. The highest BCUT2D eigenvalue weighted by atomic mass is 16.5. The van der Waals surface area contributed by atoms with Crippen molar-refractivity contribution in [2.75, 3.05) is 14.2 Å². The van der Waals surface area contributed by atoms with Crippen LogP contribution in [0.1, 0.15) is 39.0 Å². The van der Waals surface area contributed by atoms with E-state index < -0.39 is 12.0 Å². The number of methoxy groups -OCH3 is 1. The molecule has 0 heterocycles. The van der Waals surface area contributed by atoms with Crippen molar-refractivity contribution in [1.29, 1.82) is 0 Å². The van der Waals surface area contributed by atoms with Gasteiger partial charge in [0.2, 0.25) is 0 Å². The summed E-state index contributed by atoms with van der Waals surface area (Å²) < 4.78 is 5.02. The molecule has 2 unspecified atom stereocenters. The van der Waals surface area contributed by atoms with Crippen LogP contribution in [0.15, 0.2) is 0 Å². The van der Waals surface area contributed by atoms with E-state index in [2.05, 4.69) is 5.32 Å². The molecule has 4 nitrogen and oxygen atoms in total. The number of hydrogen-bond donors (Lipinski definition) is 2. The van der Waals surface area contributed by atoms with E-state index in [1.54, 1.807) is 6.92 Å². The van der Waals surface area contributed by atoms with E-state index in [0.717, 1.165) is 11.8 Å². The molecule has 4 saturated carbocycles. The monoisotopic (exact) mass is 281 g/mol. The molecule has 114 valence electrons. The molecule has 4 rings (SSSR count). The normalized spacial score (nSPS) is 45.2. The first kappa shape index (κ1) is 14.3. The zero-order chi connectivity index (χ0) is 14.5. The van der Waals surface area contributed by atoms with Crippen LogP contribution in [-0.4, -0.2) is 36.9 Å². The molecule has 0 aromatic rings. The van der Waals surface area contributed by atoms with Crippen molar-refractivity contribution in [1.82, 2.24) is 5.32 Å². The summed E-state index contributed by atoms with van der Waals surface area (Å²) >= 11 is 0. The average Bonchev–Trinajstić information content (AvgIpc) is 2.41. The molecule has 4 fully saturated rings. The summed E-state index contributed by atoms with van der Waals surface area (Å²) in [6, 6.07) is 0. The number of carbonyl (C=O) groups is 1. The number of carbonyl (C=O) groups excluding carboxylic acids is 1. The van der Waals surface area contributed by atoms with E-state index in [0.29, 0.717) is 11.8 Å². The summed E-state index contributed by atoms with van der Waals surface area (Å²) in [6.07, 6.45) is 5.52. The van der Waals surface area contributed by atoms with E-state index in [1.807, 2.05) is 7.05 Å². The van der Waals surface area contributed by atoms with E-state index >= 15 is 0 Å². The van der Waals surface area contributed by atoms with E-state index in [-0.39, 0.29) is 11.5 Å². The summed E-state index contributed by atoms with van der Waals surface area (Å²) in [5.74, 6) is 1.97. The molecule has 4 aliphatic carbocycles. The SMILES string of the molecule is CNC1(C(C(=O)OC)C(C)O)C2CC3CC(C2)CC1C3. The Morgan fingerprint density at radius 3 is 2.05 bits per heavy atom. The molecular formula is C16H27NO3. The second-order valence-corrected chi connectivity index (χ2v) is 7.23. The van der Waals surface area contributed by atoms with E-state index in [1.165, 1.54) is 39.2 Å². The van der Waals surface area contributed by atoms with Gasteiger partial charge in [0.05, 0.1) is 13.2 Å². The Bertz CT molecular complexity index is 365. The van der Waals surface area contributed by atoms with Gasteiger partial charge in [-0.2, -0.15) is 0 Å². The number of aliphatic hydroxyl groups is 1. The number of nitrogens with one attached hydrogen (secondary N) is 1. The third kappa shape index (κ3) is 1.84. The smallest absolute Gasteiger partial charge is 0.313 e. The third-order valence-electron chi connectivity index (χ3n) is 6.37. The quantitative estimate of drug-likeness (QED) is 0.768. The van der Waals surface area contributed by atoms with Crippen LogP contribution in [0.25, 0.3) is 0 Å². The standard InChI is InChI=1S/C16H27NO3/c1-9(18)14(15(19)20-3)16(17-2)12-5-10-4-11(7-12)8-13(16)6-10/h9-14,17-18H,4-8H2,1-3H3. The van der Waals surface area contributed by atoms with Gasteiger partial charge in [0.1, 0.15) is 5.92 Å². The first-order valence-electron chi connectivity index (χ1n) is 7.97. The highest BCUT2D eigenvalue weighted by Gasteiger charge is 2.62. The molecule has 0 radical (unpaired) electrons. The Labute approximate surface area is 121 Å². The minimum Gasteiger partial charge on any atom is -0.469 e. The van der Waals surface area contributed by atoms with Gasteiger partial charge in [0.15, 0.2) is 0 Å². The van der Waals surface area contributed by atoms with Crippen molar-refractivity contribution in [2.24, 2.45) is 29.6 Å². The second-order valence-electron chi connectivity index (χ2n) is 7.23. The minimum atomic E-state index is -0.674. The van der Waals surface area contributed by atoms with E-state index in [4.69, 9.17) is 4.74 Å². The van der Waals surface area contributed by atoms with Gasteiger partial charge >= 0.3 is 5.97 Å². The summed E-state index contributed by atoms with van der Waals surface area (Å²) in [7, 11) is 3.39. The van der Waals surface area contributed by atoms with Crippen LogP contribution in [0.2, 0.25) is 0 Å². The zero-order valence-corrected chi connectivity index (χ0v) is 12.8. The summed E-state index contributed by atoms with van der Waals surface area (Å²) in [6.45, 7) is 1.73. The van der Waals surface area contributed by atoms with Crippen LogP contribution in [0, 0.1) is 29.6 Å². The van der Waals surface area contributed by atoms with Gasteiger partial charge in [0.25, 0.3) is 0 Å². The number of aliphatic hydroxyl groups excluding tert-OH is 1. The van der Waals surface area contributed by atoms with Gasteiger partial charge in [-0.25, -0.2) is 0 Å². The average molecular weight is 281 g/mol. The molecular weight excluding hydrogens is 254 g/mol. The number of rotatable bonds is 4. The molecule has 2 atom stereocenters. The lowest BCUT2D eigenvalue weighted by Crippen LogP contribution is -2.70. The summed E-state index contributed by atoms with van der Waals surface area (Å²) in [4.78, 5) is 12.3.